The molecule has 2 aromatic rings. The van der Waals surface area contributed by atoms with Crippen LogP contribution in [0.25, 0.3) is 0 Å². The molecule has 98 valence electrons. The van der Waals surface area contributed by atoms with Crippen molar-refractivity contribution < 1.29 is 13.6 Å². The van der Waals surface area contributed by atoms with Gasteiger partial charge in [0.15, 0.2) is 11.6 Å². The molecule has 0 unspecified atom stereocenters. The van der Waals surface area contributed by atoms with Gasteiger partial charge in [-0.05, 0) is 31.2 Å². The van der Waals surface area contributed by atoms with E-state index in [4.69, 9.17) is 0 Å². The molecule has 2 rings (SSSR count). The maximum absolute atomic E-state index is 13.0. The van der Waals surface area contributed by atoms with E-state index in [1.807, 2.05) is 19.1 Å². The van der Waals surface area contributed by atoms with Crippen LogP contribution in [0.2, 0.25) is 0 Å². The van der Waals surface area contributed by atoms with Crippen molar-refractivity contribution in [2.45, 2.75) is 6.92 Å². The van der Waals surface area contributed by atoms with Gasteiger partial charge in [-0.1, -0.05) is 17.7 Å². The van der Waals surface area contributed by atoms with E-state index in [-0.39, 0.29) is 5.69 Å². The molecule has 0 aliphatic carbocycles. The quantitative estimate of drug-likeness (QED) is 0.846. The number of carbonyl (C=O) groups excluding carboxylic acids is 1. The highest BCUT2D eigenvalue weighted by atomic mass is 19.2. The fourth-order valence-electron chi connectivity index (χ4n) is 1.50. The molecule has 0 fully saturated rings. The second-order valence-electron chi connectivity index (χ2n) is 4.07. The van der Waals surface area contributed by atoms with Crippen LogP contribution in [0.3, 0.4) is 0 Å². The number of aryl methyl sites for hydroxylation is 1. The molecule has 0 radical (unpaired) electrons. The first-order valence-electron chi connectivity index (χ1n) is 5.64. The van der Waals surface area contributed by atoms with Gasteiger partial charge in [0.25, 0.3) is 0 Å². The average Bonchev–Trinajstić information content (AvgIpc) is 2.37. The number of nitrogens with one attached hydrogen (secondary N) is 2. The molecule has 19 heavy (non-hydrogen) atoms. The maximum Gasteiger partial charge on any atom is 0.323 e. The molecule has 2 amide bonds. The number of benzene rings is 2. The van der Waals surface area contributed by atoms with Crippen LogP contribution in [0.5, 0.6) is 0 Å². The summed E-state index contributed by atoms with van der Waals surface area (Å²) in [6, 6.07) is 9.85. The number of halogens is 2. The van der Waals surface area contributed by atoms with Gasteiger partial charge in [-0.3, -0.25) is 0 Å². The maximum atomic E-state index is 13.0. The van der Waals surface area contributed by atoms with Gasteiger partial charge in [-0.25, -0.2) is 13.6 Å². The summed E-state index contributed by atoms with van der Waals surface area (Å²) in [7, 11) is 0. The second kappa shape index (κ2) is 5.48. The Kier molecular flexibility index (Phi) is 3.75. The van der Waals surface area contributed by atoms with Crippen LogP contribution < -0.4 is 10.6 Å². The lowest BCUT2D eigenvalue weighted by Crippen LogP contribution is -2.19. The highest BCUT2D eigenvalue weighted by Crippen LogP contribution is 2.14. The zero-order valence-corrected chi connectivity index (χ0v) is 10.2. The van der Waals surface area contributed by atoms with Crippen molar-refractivity contribution in [3.05, 3.63) is 59.7 Å². The molecular weight excluding hydrogens is 250 g/mol. The third kappa shape index (κ3) is 3.51. The Bertz CT molecular complexity index is 597. The molecular formula is C14H12F2N2O. The number of hydrogen-bond acceptors (Lipinski definition) is 1. The van der Waals surface area contributed by atoms with Crippen LogP contribution in [0, 0.1) is 18.6 Å². The monoisotopic (exact) mass is 262 g/mol. The number of carbonyl (C=O) groups is 1. The third-order valence-electron chi connectivity index (χ3n) is 2.49. The zero-order chi connectivity index (χ0) is 13.8. The standard InChI is InChI=1S/C14H12F2N2O/c1-9-2-4-10(5-3-9)17-14(19)18-11-6-7-12(15)13(16)8-11/h2-8H,1H3,(H2,17,18,19). The van der Waals surface area contributed by atoms with Crippen molar-refractivity contribution in [2.24, 2.45) is 0 Å². The fraction of sp³-hybridized carbons (Fsp3) is 0.0714. The molecule has 0 bridgehead atoms. The number of urea groups is 1. The van der Waals surface area contributed by atoms with Gasteiger partial charge in [0.1, 0.15) is 0 Å². The Hall–Kier alpha value is -2.43. The number of anilines is 2. The van der Waals surface area contributed by atoms with Crippen molar-refractivity contribution in [1.82, 2.24) is 0 Å². The SMILES string of the molecule is Cc1ccc(NC(=O)Nc2ccc(F)c(F)c2)cc1. The summed E-state index contributed by atoms with van der Waals surface area (Å²) in [5.74, 6) is -1.96. The van der Waals surface area contributed by atoms with E-state index in [9.17, 15) is 13.6 Å². The summed E-state index contributed by atoms with van der Waals surface area (Å²) in [6.45, 7) is 1.94. The van der Waals surface area contributed by atoms with Gasteiger partial charge in [-0.15, -0.1) is 0 Å². The number of rotatable bonds is 2. The summed E-state index contributed by atoms with van der Waals surface area (Å²) in [4.78, 5) is 11.6. The minimum absolute atomic E-state index is 0.184. The van der Waals surface area contributed by atoms with Gasteiger partial charge in [0.2, 0.25) is 0 Å². The van der Waals surface area contributed by atoms with E-state index in [1.54, 1.807) is 12.1 Å². The molecule has 5 heteroatoms. The normalized spacial score (nSPS) is 10.1. The van der Waals surface area contributed by atoms with E-state index in [0.29, 0.717) is 5.69 Å². The van der Waals surface area contributed by atoms with Crippen LogP contribution in [-0.4, -0.2) is 6.03 Å². The van der Waals surface area contributed by atoms with Crippen molar-refractivity contribution >= 4 is 17.4 Å². The highest BCUT2D eigenvalue weighted by Gasteiger charge is 2.06. The van der Waals surface area contributed by atoms with Gasteiger partial charge in [-0.2, -0.15) is 0 Å². The highest BCUT2D eigenvalue weighted by molar-refractivity contribution is 5.99. The van der Waals surface area contributed by atoms with Crippen molar-refractivity contribution in [3.8, 4) is 0 Å². The second-order valence-corrected chi connectivity index (χ2v) is 4.07. The van der Waals surface area contributed by atoms with E-state index in [0.717, 1.165) is 17.7 Å². The van der Waals surface area contributed by atoms with Gasteiger partial charge >= 0.3 is 6.03 Å². The number of hydrogen-bond donors (Lipinski definition) is 2. The minimum atomic E-state index is -1.01. The average molecular weight is 262 g/mol. The molecule has 0 saturated heterocycles. The summed E-state index contributed by atoms with van der Waals surface area (Å²) < 4.78 is 25.7. The Morgan fingerprint density at radius 2 is 1.47 bits per heavy atom. The first-order chi connectivity index (χ1) is 9.04. The summed E-state index contributed by atoms with van der Waals surface area (Å²) in [5, 5.41) is 5.00. The molecule has 2 aromatic carbocycles. The fourth-order valence-corrected chi connectivity index (χ4v) is 1.50. The molecule has 0 heterocycles. The summed E-state index contributed by atoms with van der Waals surface area (Å²) >= 11 is 0. The Morgan fingerprint density at radius 3 is 2.11 bits per heavy atom. The van der Waals surface area contributed by atoms with Crippen LogP contribution in [0.4, 0.5) is 25.0 Å². The molecule has 0 aliphatic heterocycles. The predicted molar refractivity (Wildman–Crippen MR) is 70.2 cm³/mol. The first-order valence-corrected chi connectivity index (χ1v) is 5.64. The molecule has 3 nitrogen and oxygen atoms in total. The summed E-state index contributed by atoms with van der Waals surface area (Å²) in [6.07, 6.45) is 0. The van der Waals surface area contributed by atoms with Gasteiger partial charge < -0.3 is 10.6 Å². The van der Waals surface area contributed by atoms with Crippen molar-refractivity contribution in [2.75, 3.05) is 10.6 Å². The topological polar surface area (TPSA) is 41.1 Å². The lowest BCUT2D eigenvalue weighted by atomic mass is 10.2. The predicted octanol–water partition coefficient (Wildman–Crippen LogP) is 3.92. The van der Waals surface area contributed by atoms with Crippen LogP contribution >= 0.6 is 0 Å². The van der Waals surface area contributed by atoms with Crippen LogP contribution in [0.15, 0.2) is 42.5 Å². The van der Waals surface area contributed by atoms with E-state index >= 15 is 0 Å². The lowest BCUT2D eigenvalue weighted by molar-refractivity contribution is 0.262. The Balaban J connectivity index is 2.01. The van der Waals surface area contributed by atoms with Crippen molar-refractivity contribution in [1.29, 1.82) is 0 Å². The molecule has 0 atom stereocenters. The lowest BCUT2D eigenvalue weighted by Gasteiger charge is -2.08. The molecule has 2 N–H and O–H groups in total. The summed E-state index contributed by atoms with van der Waals surface area (Å²) in [5.41, 5.74) is 1.88. The van der Waals surface area contributed by atoms with Crippen LogP contribution in [0.1, 0.15) is 5.56 Å². The molecule has 0 spiro atoms. The molecule has 0 saturated carbocycles. The van der Waals surface area contributed by atoms with Crippen molar-refractivity contribution in [3.63, 3.8) is 0 Å². The largest absolute Gasteiger partial charge is 0.323 e. The van der Waals surface area contributed by atoms with Crippen LogP contribution in [-0.2, 0) is 0 Å². The minimum Gasteiger partial charge on any atom is -0.308 e. The first kappa shape index (κ1) is 13.0. The molecule has 0 aliphatic rings. The number of amides is 2. The van der Waals surface area contributed by atoms with Gasteiger partial charge in [0, 0.05) is 17.4 Å². The van der Waals surface area contributed by atoms with E-state index in [1.165, 1.54) is 6.07 Å². The third-order valence-corrected chi connectivity index (χ3v) is 2.49. The van der Waals surface area contributed by atoms with Gasteiger partial charge in [0.05, 0.1) is 0 Å². The zero-order valence-electron chi connectivity index (χ0n) is 10.2. The van der Waals surface area contributed by atoms with E-state index < -0.39 is 17.7 Å². The Labute approximate surface area is 109 Å². The Morgan fingerprint density at radius 1 is 0.895 bits per heavy atom. The van der Waals surface area contributed by atoms with E-state index in [2.05, 4.69) is 10.6 Å². The molecule has 0 aromatic heterocycles. The smallest absolute Gasteiger partial charge is 0.308 e.